The molecule has 0 rings (SSSR count). The van der Waals surface area contributed by atoms with Gasteiger partial charge in [0.1, 0.15) is 25.4 Å². The van der Waals surface area contributed by atoms with E-state index in [0.29, 0.717) is 19.3 Å². The third kappa shape index (κ3) is 99.8. The number of carbonyl (C=O) groups is 3. The van der Waals surface area contributed by atoms with Crippen LogP contribution in [0.25, 0.3) is 0 Å². The van der Waals surface area contributed by atoms with Crippen LogP contribution in [0.2, 0.25) is 0 Å². The summed E-state index contributed by atoms with van der Waals surface area (Å²) in [6.07, 6.45) is 126. The first-order valence-electron chi connectivity index (χ1n) is 51.1. The van der Waals surface area contributed by atoms with Crippen LogP contribution in [0, 0.1) is 0 Å². The number of aliphatic hydroxyl groups is 2. The Morgan fingerprint density at radius 3 is 0.632 bits per heavy atom. The molecule has 0 aliphatic carbocycles. The van der Waals surface area contributed by atoms with E-state index < -0.39 is 91.5 Å². The second-order valence-electron chi connectivity index (χ2n) is 34.3. The average molecular weight is 1790 g/mol. The second-order valence-corrected chi connectivity index (χ2v) is 37.2. The van der Waals surface area contributed by atoms with Crippen LogP contribution in [-0.2, 0) is 55.8 Å². The molecular formula is C107H188O16P2. The summed E-state index contributed by atoms with van der Waals surface area (Å²) in [4.78, 5) is 59.2. The van der Waals surface area contributed by atoms with Crippen molar-refractivity contribution in [3.63, 3.8) is 0 Å². The zero-order valence-corrected chi connectivity index (χ0v) is 81.8. The number of rotatable bonds is 97. The molecule has 0 bridgehead atoms. The quantitative estimate of drug-likeness (QED) is 0.0146. The fraction of sp³-hybridized carbons (Fsp3) is 0.748. The van der Waals surface area contributed by atoms with Gasteiger partial charge in [-0.25, -0.2) is 9.13 Å². The van der Waals surface area contributed by atoms with Gasteiger partial charge in [0.25, 0.3) is 0 Å². The van der Waals surface area contributed by atoms with Crippen molar-refractivity contribution in [1.29, 1.82) is 0 Å². The van der Waals surface area contributed by atoms with Crippen molar-refractivity contribution >= 4 is 33.6 Å². The standard InChI is InChI=1S/C107H188O16P2/c1-4-7-10-13-16-19-22-25-28-31-34-37-40-43-46-48-49-50-51-53-56-57-60-63-66-69-72-75-78-81-84-87-90-93-105(110)117-96-102(108)97-119-124(113,114)120-98-103(109)99-121-125(115,116)122-101-104(123-107(112)95-92-89-86-83-80-77-74-71-68-65-62-59-54-45-42-39-36-33-30-27-24-21-18-15-12-9-6-3)100-118-106(111)94-91-88-85-82-79-76-73-70-67-64-61-58-55-52-47-44-41-38-35-32-29-26-23-20-17-14-11-8-5-2/h16-21,25-30,34-39,43-47,54,102-104,108-109H,4-15,22-24,31-33,40-42,48-53,55-101H2,1-3H3,(H,113,114)(H,115,116)/b19-16-,20-17-,21-18-,28-25-,29-26-,30-27-,37-34-,38-35-,39-36-,46-43-,47-44-,54-45-. The number of allylic oxidation sites excluding steroid dienone is 24. The molecule has 0 aromatic heterocycles. The van der Waals surface area contributed by atoms with Gasteiger partial charge in [0.15, 0.2) is 6.10 Å². The Morgan fingerprint density at radius 1 is 0.224 bits per heavy atom. The molecule has 0 fully saturated rings. The number of esters is 3. The SMILES string of the molecule is CCCCC/C=C\C/C=C\C/C=C\C/C=C\CCCCCCCCCCCCCCCCCCCC(=O)OCC(O)COP(=O)(O)OCC(O)COP(=O)(O)OCC(COC(=O)CCCCCCCCCCCCCCC/C=C\C/C=C\C/C=C\C/C=C\CCCCC)OC(=O)CCCCCCCCCCCCC/C=C\C/C=C\C/C=C\C/C=C\CCCCC. The molecule has 18 heteroatoms. The molecular weight excluding hydrogens is 1600 g/mol. The van der Waals surface area contributed by atoms with E-state index >= 15 is 0 Å². The Kier molecular flexibility index (Phi) is 94.9. The first kappa shape index (κ1) is 120. The van der Waals surface area contributed by atoms with Gasteiger partial charge in [-0.05, 0) is 154 Å². The molecule has 0 aliphatic heterocycles. The largest absolute Gasteiger partial charge is 0.472 e. The number of hydrogen-bond acceptors (Lipinski definition) is 14. The lowest BCUT2D eigenvalue weighted by Gasteiger charge is -2.21. The van der Waals surface area contributed by atoms with Gasteiger partial charge in [0.2, 0.25) is 0 Å². The molecule has 0 spiro atoms. The Hall–Kier alpha value is -4.57. The molecule has 722 valence electrons. The van der Waals surface area contributed by atoms with Crippen molar-refractivity contribution in [2.24, 2.45) is 0 Å². The average Bonchev–Trinajstić information content (AvgIpc) is 0.902. The summed E-state index contributed by atoms with van der Waals surface area (Å²) in [6, 6.07) is 0. The van der Waals surface area contributed by atoms with Crippen LogP contribution in [0.5, 0.6) is 0 Å². The molecule has 0 aromatic rings. The molecule has 0 saturated carbocycles. The summed E-state index contributed by atoms with van der Waals surface area (Å²) < 4.78 is 61.7. The lowest BCUT2D eigenvalue weighted by Crippen LogP contribution is -2.30. The molecule has 5 atom stereocenters. The molecule has 0 aromatic carbocycles. The number of phosphoric acid groups is 2. The van der Waals surface area contributed by atoms with E-state index in [0.717, 1.165) is 135 Å². The van der Waals surface area contributed by atoms with Crippen molar-refractivity contribution in [3.05, 3.63) is 146 Å². The van der Waals surface area contributed by atoms with E-state index in [9.17, 15) is 43.5 Å². The number of carbonyl (C=O) groups excluding carboxylic acids is 3. The van der Waals surface area contributed by atoms with Crippen molar-refractivity contribution in [1.82, 2.24) is 0 Å². The molecule has 125 heavy (non-hydrogen) atoms. The molecule has 0 amide bonds. The third-order valence-corrected chi connectivity index (χ3v) is 23.9. The van der Waals surface area contributed by atoms with Gasteiger partial charge in [0.05, 0.1) is 26.4 Å². The van der Waals surface area contributed by atoms with Crippen LogP contribution >= 0.6 is 15.6 Å². The van der Waals surface area contributed by atoms with Crippen LogP contribution in [-0.4, -0.2) is 95.9 Å². The van der Waals surface area contributed by atoms with Crippen LogP contribution in [0.1, 0.15) is 457 Å². The second kappa shape index (κ2) is 98.5. The van der Waals surface area contributed by atoms with Gasteiger partial charge in [-0.1, -0.05) is 430 Å². The van der Waals surface area contributed by atoms with Crippen LogP contribution < -0.4 is 0 Å². The number of hydrogen-bond donors (Lipinski definition) is 4. The molecule has 0 aliphatic rings. The summed E-state index contributed by atoms with van der Waals surface area (Å²) in [5.41, 5.74) is 0. The molecule has 0 radical (unpaired) electrons. The molecule has 16 nitrogen and oxygen atoms in total. The van der Waals surface area contributed by atoms with Crippen LogP contribution in [0.4, 0.5) is 0 Å². The lowest BCUT2D eigenvalue weighted by atomic mass is 10.0. The Morgan fingerprint density at radius 2 is 0.400 bits per heavy atom. The molecule has 4 N–H and O–H groups in total. The van der Waals surface area contributed by atoms with Gasteiger partial charge in [0, 0.05) is 19.3 Å². The maximum Gasteiger partial charge on any atom is 0.472 e. The Bertz CT molecular complexity index is 2850. The van der Waals surface area contributed by atoms with Crippen molar-refractivity contribution < 1.29 is 75.8 Å². The maximum absolute atomic E-state index is 13.1. The normalized spacial score (nSPS) is 14.3. The predicted molar refractivity (Wildman–Crippen MR) is 528 cm³/mol. The highest BCUT2D eigenvalue weighted by molar-refractivity contribution is 7.47. The summed E-state index contributed by atoms with van der Waals surface area (Å²) in [5.74, 6) is -1.56. The zero-order valence-electron chi connectivity index (χ0n) is 80.0. The van der Waals surface area contributed by atoms with Gasteiger partial charge >= 0.3 is 33.6 Å². The fourth-order valence-corrected chi connectivity index (χ4v) is 15.8. The van der Waals surface area contributed by atoms with Crippen LogP contribution in [0.3, 0.4) is 0 Å². The zero-order chi connectivity index (χ0) is 90.7. The minimum atomic E-state index is -4.95. The first-order chi connectivity index (χ1) is 61.2. The summed E-state index contributed by atoms with van der Waals surface area (Å²) >= 11 is 0. The molecule has 0 saturated heterocycles. The van der Waals surface area contributed by atoms with E-state index in [1.807, 2.05) is 0 Å². The number of phosphoric ester groups is 2. The predicted octanol–water partition coefficient (Wildman–Crippen LogP) is 32.2. The summed E-state index contributed by atoms with van der Waals surface area (Å²) in [5, 5.41) is 20.8. The van der Waals surface area contributed by atoms with Gasteiger partial charge in [-0.15, -0.1) is 0 Å². The molecule has 0 heterocycles. The monoisotopic (exact) mass is 1790 g/mol. The van der Waals surface area contributed by atoms with Gasteiger partial charge in [-0.3, -0.25) is 32.5 Å². The van der Waals surface area contributed by atoms with Crippen molar-refractivity contribution in [2.75, 3.05) is 39.6 Å². The van der Waals surface area contributed by atoms with Gasteiger partial charge in [-0.2, -0.15) is 0 Å². The van der Waals surface area contributed by atoms with E-state index in [-0.39, 0.29) is 19.3 Å². The molecule has 5 unspecified atom stereocenters. The smallest absolute Gasteiger partial charge is 0.463 e. The maximum atomic E-state index is 13.1. The summed E-state index contributed by atoms with van der Waals surface area (Å²) in [7, 11) is -9.81. The van der Waals surface area contributed by atoms with Crippen LogP contribution in [0.15, 0.2) is 146 Å². The van der Waals surface area contributed by atoms with Gasteiger partial charge < -0.3 is 34.2 Å². The minimum absolute atomic E-state index is 0.0990. The highest BCUT2D eigenvalue weighted by atomic mass is 31.2. The van der Waals surface area contributed by atoms with Crippen molar-refractivity contribution in [2.45, 2.75) is 476 Å². The Labute approximate surface area is 766 Å². The highest BCUT2D eigenvalue weighted by Crippen LogP contribution is 2.45. The minimum Gasteiger partial charge on any atom is -0.463 e. The Balaban J connectivity index is 4.60. The van der Waals surface area contributed by atoms with E-state index in [2.05, 4.69) is 167 Å². The van der Waals surface area contributed by atoms with E-state index in [4.69, 9.17) is 32.3 Å². The lowest BCUT2D eigenvalue weighted by molar-refractivity contribution is -0.161. The topological polar surface area (TPSA) is 231 Å². The number of aliphatic hydroxyl groups excluding tert-OH is 2. The number of unbranched alkanes of at least 4 members (excludes halogenated alkanes) is 50. The fourth-order valence-electron chi connectivity index (χ4n) is 14.2. The van der Waals surface area contributed by atoms with E-state index in [1.165, 1.54) is 263 Å². The summed E-state index contributed by atoms with van der Waals surface area (Å²) in [6.45, 7) is 2.68. The number of ether oxygens (including phenoxy) is 3. The van der Waals surface area contributed by atoms with Crippen molar-refractivity contribution in [3.8, 4) is 0 Å². The highest BCUT2D eigenvalue weighted by Gasteiger charge is 2.30. The third-order valence-electron chi connectivity index (χ3n) is 22.0. The van der Waals surface area contributed by atoms with E-state index in [1.54, 1.807) is 0 Å². The first-order valence-corrected chi connectivity index (χ1v) is 54.1.